The molecule has 188 valence electrons. The van der Waals surface area contributed by atoms with E-state index in [-0.39, 0.29) is 23.9 Å². The van der Waals surface area contributed by atoms with Crippen LogP contribution in [0.25, 0.3) is 0 Å². The predicted molar refractivity (Wildman–Crippen MR) is 121 cm³/mol. The first-order chi connectivity index (χ1) is 16.4. The minimum Gasteiger partial charge on any atom is -0.480 e. The standard InChI is InChI=1S/C21H24N4O9S/c22-18(23)12-3-5-13(6-4-12)34-21(29)17-8-7-14(33-17)10-25-9-1-2-16(25)19(26)24-15(20(27)28)11-35(30,31)32/h3-8,15-16H,1-2,9-11H2,(H3,22,23)(H,24,26)(H,27,28)(H,30,31,32)/t15-,16-/m0/s1. The molecule has 3 rings (SSSR count). The highest BCUT2D eigenvalue weighted by Crippen LogP contribution is 2.22. The van der Waals surface area contributed by atoms with Crippen molar-refractivity contribution in [2.24, 2.45) is 5.73 Å². The Kier molecular flexibility index (Phi) is 7.89. The van der Waals surface area contributed by atoms with E-state index in [1.54, 1.807) is 11.0 Å². The van der Waals surface area contributed by atoms with Crippen LogP contribution in [-0.4, -0.2) is 71.0 Å². The second-order valence-electron chi connectivity index (χ2n) is 7.87. The second-order valence-corrected chi connectivity index (χ2v) is 9.37. The minimum absolute atomic E-state index is 0.0741. The summed E-state index contributed by atoms with van der Waals surface area (Å²) in [6.07, 6.45) is 1.02. The van der Waals surface area contributed by atoms with Gasteiger partial charge in [0.1, 0.15) is 29.1 Å². The van der Waals surface area contributed by atoms with Crippen molar-refractivity contribution in [3.8, 4) is 5.75 Å². The number of nitrogen functional groups attached to an aromatic ring is 1. The maximum absolute atomic E-state index is 12.6. The van der Waals surface area contributed by atoms with Crippen LogP contribution in [0.2, 0.25) is 0 Å². The van der Waals surface area contributed by atoms with E-state index in [0.717, 1.165) is 0 Å². The zero-order valence-electron chi connectivity index (χ0n) is 18.3. The number of hydrogen-bond acceptors (Lipinski definition) is 9. The molecule has 0 unspecified atom stereocenters. The molecule has 1 amide bonds. The lowest BCUT2D eigenvalue weighted by Gasteiger charge is -2.24. The third-order valence-corrected chi connectivity index (χ3v) is 6.01. The second kappa shape index (κ2) is 10.7. The maximum atomic E-state index is 12.6. The van der Waals surface area contributed by atoms with E-state index in [0.29, 0.717) is 30.7 Å². The molecule has 1 aromatic heterocycles. The Labute approximate surface area is 200 Å². The Balaban J connectivity index is 1.61. The summed E-state index contributed by atoms with van der Waals surface area (Å²) < 4.78 is 41.8. The molecule has 14 heteroatoms. The van der Waals surface area contributed by atoms with Crippen molar-refractivity contribution in [1.29, 1.82) is 5.41 Å². The number of amides is 1. The summed E-state index contributed by atoms with van der Waals surface area (Å²) in [5.74, 6) is -3.80. The van der Waals surface area contributed by atoms with Gasteiger partial charge < -0.3 is 25.3 Å². The summed E-state index contributed by atoms with van der Waals surface area (Å²) in [4.78, 5) is 38.0. The molecule has 2 aromatic rings. The topological polar surface area (TPSA) is 213 Å². The largest absolute Gasteiger partial charge is 0.480 e. The van der Waals surface area contributed by atoms with Crippen molar-refractivity contribution < 1.29 is 41.6 Å². The van der Waals surface area contributed by atoms with Gasteiger partial charge in [0.2, 0.25) is 11.7 Å². The summed E-state index contributed by atoms with van der Waals surface area (Å²) in [5, 5.41) is 18.7. The summed E-state index contributed by atoms with van der Waals surface area (Å²) in [6, 6.07) is 6.44. The number of furan rings is 1. The molecular weight excluding hydrogens is 484 g/mol. The number of carbonyl (C=O) groups excluding carboxylic acids is 2. The van der Waals surface area contributed by atoms with Crippen molar-refractivity contribution >= 4 is 33.8 Å². The average molecular weight is 509 g/mol. The van der Waals surface area contributed by atoms with E-state index in [2.05, 4.69) is 5.32 Å². The van der Waals surface area contributed by atoms with Gasteiger partial charge in [-0.15, -0.1) is 0 Å². The molecule has 13 nitrogen and oxygen atoms in total. The molecule has 0 spiro atoms. The summed E-state index contributed by atoms with van der Waals surface area (Å²) >= 11 is 0. The van der Waals surface area contributed by atoms with Crippen LogP contribution >= 0.6 is 0 Å². The fraction of sp³-hybridized carbons (Fsp3) is 0.333. The number of carboxylic acid groups (broad SMARTS) is 1. The monoisotopic (exact) mass is 508 g/mol. The number of nitrogens with zero attached hydrogens (tertiary/aromatic N) is 1. The van der Waals surface area contributed by atoms with Crippen molar-refractivity contribution in [2.75, 3.05) is 12.3 Å². The third-order valence-electron chi connectivity index (χ3n) is 5.26. The molecule has 1 aromatic carbocycles. The highest BCUT2D eigenvalue weighted by molar-refractivity contribution is 7.85. The molecule has 1 fully saturated rings. The molecule has 2 atom stereocenters. The molecule has 1 aliphatic heterocycles. The normalized spacial score (nSPS) is 17.0. The number of likely N-dealkylation sites (tertiary alicyclic amines) is 1. The van der Waals surface area contributed by atoms with Gasteiger partial charge in [-0.1, -0.05) is 0 Å². The summed E-state index contributed by atoms with van der Waals surface area (Å²) in [7, 11) is -4.62. The van der Waals surface area contributed by atoms with Crippen LogP contribution in [0.5, 0.6) is 5.75 Å². The third kappa shape index (κ3) is 7.11. The Morgan fingerprint density at radius 1 is 1.23 bits per heavy atom. The number of carboxylic acids is 1. The van der Waals surface area contributed by atoms with Gasteiger partial charge in [-0.2, -0.15) is 8.42 Å². The molecule has 2 heterocycles. The molecule has 1 saturated heterocycles. The van der Waals surface area contributed by atoms with Gasteiger partial charge in [0.25, 0.3) is 10.1 Å². The van der Waals surface area contributed by atoms with Crippen LogP contribution in [0.4, 0.5) is 0 Å². The lowest BCUT2D eigenvalue weighted by atomic mass is 10.2. The van der Waals surface area contributed by atoms with Crippen LogP contribution in [0, 0.1) is 5.41 Å². The molecule has 0 aliphatic carbocycles. The molecular formula is C21H24N4O9S. The first kappa shape index (κ1) is 25.9. The van der Waals surface area contributed by atoms with Gasteiger partial charge in [0.15, 0.2) is 0 Å². The van der Waals surface area contributed by atoms with Crippen LogP contribution in [0.3, 0.4) is 0 Å². The summed E-state index contributed by atoms with van der Waals surface area (Å²) in [5.41, 5.74) is 5.86. The Bertz CT molecular complexity index is 1220. The van der Waals surface area contributed by atoms with Crippen LogP contribution in [0.15, 0.2) is 40.8 Å². The van der Waals surface area contributed by atoms with Gasteiger partial charge in [-0.05, 0) is 55.8 Å². The number of benzene rings is 1. The van der Waals surface area contributed by atoms with Crippen LogP contribution < -0.4 is 15.8 Å². The van der Waals surface area contributed by atoms with Gasteiger partial charge in [0, 0.05) is 5.56 Å². The van der Waals surface area contributed by atoms with Crippen molar-refractivity contribution in [2.45, 2.75) is 31.5 Å². The lowest BCUT2D eigenvalue weighted by Crippen LogP contribution is -2.51. The van der Waals surface area contributed by atoms with E-state index in [4.69, 9.17) is 30.0 Å². The minimum atomic E-state index is -4.62. The van der Waals surface area contributed by atoms with Crippen LogP contribution in [0.1, 0.15) is 34.7 Å². The Morgan fingerprint density at radius 2 is 1.91 bits per heavy atom. The van der Waals surface area contributed by atoms with Gasteiger partial charge >= 0.3 is 11.9 Å². The van der Waals surface area contributed by atoms with E-state index >= 15 is 0 Å². The van der Waals surface area contributed by atoms with Gasteiger partial charge in [-0.25, -0.2) is 9.59 Å². The molecule has 0 bridgehead atoms. The lowest BCUT2D eigenvalue weighted by molar-refractivity contribution is -0.142. The fourth-order valence-electron chi connectivity index (χ4n) is 3.60. The number of hydrogen-bond donors (Lipinski definition) is 5. The molecule has 0 radical (unpaired) electrons. The van der Waals surface area contributed by atoms with Crippen LogP contribution in [-0.2, 0) is 26.3 Å². The van der Waals surface area contributed by atoms with Gasteiger partial charge in [-0.3, -0.25) is 19.7 Å². The smallest absolute Gasteiger partial charge is 0.379 e. The van der Waals surface area contributed by atoms with Crippen molar-refractivity contribution in [1.82, 2.24) is 10.2 Å². The van der Waals surface area contributed by atoms with E-state index < -0.39 is 45.8 Å². The molecule has 6 N–H and O–H groups in total. The number of nitrogens with one attached hydrogen (secondary N) is 2. The quantitative estimate of drug-likeness (QED) is 0.0961. The molecule has 35 heavy (non-hydrogen) atoms. The first-order valence-corrected chi connectivity index (χ1v) is 12.0. The number of rotatable bonds is 10. The molecule has 1 aliphatic rings. The van der Waals surface area contributed by atoms with Gasteiger partial charge in [0.05, 0.1) is 12.6 Å². The maximum Gasteiger partial charge on any atom is 0.379 e. The fourth-order valence-corrected chi connectivity index (χ4v) is 4.25. The number of ether oxygens (including phenoxy) is 1. The number of esters is 1. The highest BCUT2D eigenvalue weighted by Gasteiger charge is 2.35. The van der Waals surface area contributed by atoms with Crippen molar-refractivity contribution in [3.63, 3.8) is 0 Å². The number of nitrogens with two attached hydrogens (primary N) is 1. The Hall–Kier alpha value is -3.75. The Morgan fingerprint density at radius 3 is 2.51 bits per heavy atom. The number of aliphatic carboxylic acids is 1. The first-order valence-electron chi connectivity index (χ1n) is 10.4. The summed E-state index contributed by atoms with van der Waals surface area (Å²) in [6.45, 7) is 0.617. The molecule has 0 saturated carbocycles. The number of amidine groups is 1. The SMILES string of the molecule is N=C(N)c1ccc(OC(=O)c2ccc(CN3CCC[C@H]3C(=O)N[C@@H](CS(=O)(=O)O)C(=O)O)o2)cc1. The van der Waals surface area contributed by atoms with E-state index in [9.17, 15) is 22.8 Å². The predicted octanol–water partition coefficient (Wildman–Crippen LogP) is 0.204. The number of carbonyl (C=O) groups is 3. The van der Waals surface area contributed by atoms with E-state index in [1.165, 1.54) is 30.3 Å². The zero-order valence-corrected chi connectivity index (χ0v) is 19.2. The highest BCUT2D eigenvalue weighted by atomic mass is 32.2. The average Bonchev–Trinajstić information content (AvgIpc) is 3.42. The van der Waals surface area contributed by atoms with Crippen molar-refractivity contribution in [3.05, 3.63) is 53.5 Å². The zero-order chi connectivity index (χ0) is 25.8. The van der Waals surface area contributed by atoms with E-state index in [1.807, 2.05) is 0 Å².